The van der Waals surface area contributed by atoms with Crippen LogP contribution in [0.4, 0.5) is 11.4 Å². The summed E-state index contributed by atoms with van der Waals surface area (Å²) in [7, 11) is 0. The Morgan fingerprint density at radius 2 is 1.52 bits per heavy atom. The average Bonchev–Trinajstić information content (AvgIpc) is 3.05. The van der Waals surface area contributed by atoms with E-state index in [0.717, 1.165) is 28.5 Å². The second kappa shape index (κ2) is 6.70. The van der Waals surface area contributed by atoms with Crippen LogP contribution < -0.4 is 5.32 Å². The fourth-order valence-corrected chi connectivity index (χ4v) is 2.85. The third kappa shape index (κ3) is 3.20. The van der Waals surface area contributed by atoms with Crippen LogP contribution in [-0.2, 0) is 0 Å². The molecule has 0 aliphatic rings. The van der Waals surface area contributed by atoms with Gasteiger partial charge in [-0.05, 0) is 60.7 Å². The predicted octanol–water partition coefficient (Wildman–Crippen LogP) is 4.74. The third-order valence-electron chi connectivity index (χ3n) is 3.80. The highest BCUT2D eigenvalue weighted by atomic mass is 32.1. The number of rotatable bonds is 4. The Labute approximate surface area is 150 Å². The first-order chi connectivity index (χ1) is 12.3. The summed E-state index contributed by atoms with van der Waals surface area (Å²) >= 11 is 5.41. The van der Waals surface area contributed by atoms with Gasteiger partial charge in [-0.3, -0.25) is 14.6 Å². The number of pyridine rings is 1. The van der Waals surface area contributed by atoms with E-state index >= 15 is 0 Å². The predicted molar refractivity (Wildman–Crippen MR) is 102 cm³/mol. The Bertz CT molecular complexity index is 1020. The fourth-order valence-electron chi connectivity index (χ4n) is 2.61. The summed E-state index contributed by atoms with van der Waals surface area (Å²) < 4.78 is 2.47. The quantitative estimate of drug-likeness (QED) is 0.525. The highest BCUT2D eigenvalue weighted by molar-refractivity contribution is 7.71. The molecule has 0 saturated heterocycles. The van der Waals surface area contributed by atoms with Crippen LogP contribution in [-0.4, -0.2) is 19.7 Å². The van der Waals surface area contributed by atoms with Crippen LogP contribution in [0.3, 0.4) is 0 Å². The molecule has 0 aliphatic carbocycles. The van der Waals surface area contributed by atoms with Crippen LogP contribution in [0.2, 0.25) is 0 Å². The molecule has 0 saturated carbocycles. The van der Waals surface area contributed by atoms with Crippen molar-refractivity contribution in [2.45, 2.75) is 0 Å². The van der Waals surface area contributed by atoms with E-state index in [1.165, 1.54) is 0 Å². The van der Waals surface area contributed by atoms with E-state index in [1.54, 1.807) is 12.4 Å². The normalized spacial score (nSPS) is 10.6. The van der Waals surface area contributed by atoms with Gasteiger partial charge in [0, 0.05) is 29.3 Å². The Kier molecular flexibility index (Phi) is 4.10. The molecule has 4 aromatic rings. The molecule has 0 radical (unpaired) electrons. The largest absolute Gasteiger partial charge is 0.356 e. The van der Waals surface area contributed by atoms with Crippen molar-refractivity contribution in [2.75, 3.05) is 5.32 Å². The molecule has 5 nitrogen and oxygen atoms in total. The highest BCUT2D eigenvalue weighted by Gasteiger charge is 2.10. The molecule has 2 N–H and O–H groups in total. The number of anilines is 2. The van der Waals surface area contributed by atoms with E-state index in [4.69, 9.17) is 12.2 Å². The number of nitrogens with one attached hydrogen (secondary N) is 2. The Hall–Kier alpha value is -3.25. The summed E-state index contributed by atoms with van der Waals surface area (Å²) in [5.74, 6) is 0.760. The minimum Gasteiger partial charge on any atom is -0.356 e. The molecule has 25 heavy (non-hydrogen) atoms. The topological polar surface area (TPSA) is 58.5 Å². The van der Waals surface area contributed by atoms with Crippen molar-refractivity contribution < 1.29 is 0 Å². The van der Waals surface area contributed by atoms with Gasteiger partial charge in [0.05, 0.1) is 5.69 Å². The molecular formula is C19H15N5S. The van der Waals surface area contributed by atoms with E-state index in [-0.39, 0.29) is 0 Å². The lowest BCUT2D eigenvalue weighted by Crippen LogP contribution is -1.98. The SMILES string of the molecule is S=c1[nH]nc(-c2ccncc2)n1-c1ccc(Nc2ccccc2)cc1. The summed E-state index contributed by atoms with van der Waals surface area (Å²) in [6, 6.07) is 22.0. The maximum Gasteiger partial charge on any atom is 0.200 e. The number of hydrogen-bond donors (Lipinski definition) is 2. The maximum absolute atomic E-state index is 5.41. The lowest BCUT2D eigenvalue weighted by atomic mass is 10.2. The van der Waals surface area contributed by atoms with Crippen molar-refractivity contribution in [1.82, 2.24) is 19.7 Å². The van der Waals surface area contributed by atoms with Gasteiger partial charge in [-0.15, -0.1) is 0 Å². The third-order valence-corrected chi connectivity index (χ3v) is 4.07. The zero-order valence-corrected chi connectivity index (χ0v) is 14.1. The van der Waals surface area contributed by atoms with Gasteiger partial charge >= 0.3 is 0 Å². The molecule has 4 rings (SSSR count). The van der Waals surface area contributed by atoms with Crippen molar-refractivity contribution in [3.8, 4) is 17.1 Å². The molecule has 2 aromatic heterocycles. The smallest absolute Gasteiger partial charge is 0.200 e. The molecule has 2 heterocycles. The van der Waals surface area contributed by atoms with Crippen molar-refractivity contribution in [1.29, 1.82) is 0 Å². The van der Waals surface area contributed by atoms with Crippen molar-refractivity contribution >= 4 is 23.6 Å². The summed E-state index contributed by atoms with van der Waals surface area (Å²) in [5.41, 5.74) is 3.96. The standard InChI is InChI=1S/C19H15N5S/c25-19-23-22-18(14-10-12-20-13-11-14)24(19)17-8-6-16(7-9-17)21-15-4-2-1-3-5-15/h1-13,21H,(H,23,25). The van der Waals surface area contributed by atoms with Gasteiger partial charge in [-0.25, -0.2) is 0 Å². The molecule has 0 atom stereocenters. The van der Waals surface area contributed by atoms with E-state index < -0.39 is 0 Å². The molecule has 2 aromatic carbocycles. The van der Waals surface area contributed by atoms with Crippen LogP contribution in [0.15, 0.2) is 79.1 Å². The van der Waals surface area contributed by atoms with Gasteiger partial charge in [0.15, 0.2) is 10.6 Å². The first-order valence-corrected chi connectivity index (χ1v) is 8.22. The van der Waals surface area contributed by atoms with Gasteiger partial charge in [0.25, 0.3) is 0 Å². The van der Waals surface area contributed by atoms with Crippen LogP contribution in [0.1, 0.15) is 0 Å². The number of benzene rings is 2. The van der Waals surface area contributed by atoms with E-state index in [9.17, 15) is 0 Å². The molecule has 0 unspecified atom stereocenters. The summed E-state index contributed by atoms with van der Waals surface area (Å²) in [6.45, 7) is 0. The van der Waals surface area contributed by atoms with E-state index in [2.05, 4.69) is 20.5 Å². The van der Waals surface area contributed by atoms with Gasteiger partial charge in [-0.1, -0.05) is 18.2 Å². The van der Waals surface area contributed by atoms with Crippen LogP contribution in [0.5, 0.6) is 0 Å². The van der Waals surface area contributed by atoms with Crippen LogP contribution in [0, 0.1) is 4.77 Å². The van der Waals surface area contributed by atoms with Gasteiger partial charge < -0.3 is 5.32 Å². The molecule has 0 fully saturated rings. The van der Waals surface area contributed by atoms with Crippen LogP contribution >= 0.6 is 12.2 Å². The lowest BCUT2D eigenvalue weighted by molar-refractivity contribution is 1.04. The highest BCUT2D eigenvalue weighted by Crippen LogP contribution is 2.23. The van der Waals surface area contributed by atoms with E-state index in [1.807, 2.05) is 71.3 Å². The van der Waals surface area contributed by atoms with Gasteiger partial charge in [0.1, 0.15) is 0 Å². The Morgan fingerprint density at radius 1 is 0.840 bits per heavy atom. The molecule has 0 spiro atoms. The number of hydrogen-bond acceptors (Lipinski definition) is 4. The fraction of sp³-hybridized carbons (Fsp3) is 0. The molecule has 6 heteroatoms. The Morgan fingerprint density at radius 3 is 2.24 bits per heavy atom. The number of aromatic amines is 1. The summed E-state index contributed by atoms with van der Waals surface area (Å²) in [6.07, 6.45) is 3.48. The van der Waals surface area contributed by atoms with Crippen molar-refractivity contribution in [2.24, 2.45) is 0 Å². The van der Waals surface area contributed by atoms with Crippen LogP contribution in [0.25, 0.3) is 17.1 Å². The number of H-pyrrole nitrogens is 1. The number of aromatic nitrogens is 4. The van der Waals surface area contributed by atoms with Gasteiger partial charge in [0.2, 0.25) is 0 Å². The first-order valence-electron chi connectivity index (χ1n) is 7.81. The summed E-state index contributed by atoms with van der Waals surface area (Å²) in [5, 5.41) is 10.6. The molecule has 122 valence electrons. The number of para-hydroxylation sites is 1. The van der Waals surface area contributed by atoms with Gasteiger partial charge in [-0.2, -0.15) is 5.10 Å². The second-order valence-electron chi connectivity index (χ2n) is 5.46. The molecule has 0 bridgehead atoms. The second-order valence-corrected chi connectivity index (χ2v) is 5.85. The molecule has 0 aliphatic heterocycles. The molecule has 0 amide bonds. The monoisotopic (exact) mass is 345 g/mol. The Balaban J connectivity index is 1.67. The minimum absolute atomic E-state index is 0.551. The zero-order valence-electron chi connectivity index (χ0n) is 13.3. The minimum atomic E-state index is 0.551. The maximum atomic E-state index is 5.41. The number of nitrogens with zero attached hydrogens (tertiary/aromatic N) is 3. The molecular weight excluding hydrogens is 330 g/mol. The van der Waals surface area contributed by atoms with Crippen molar-refractivity contribution in [3.63, 3.8) is 0 Å². The lowest BCUT2D eigenvalue weighted by Gasteiger charge is -2.09. The van der Waals surface area contributed by atoms with Crippen molar-refractivity contribution in [3.05, 3.63) is 83.9 Å². The van der Waals surface area contributed by atoms with E-state index in [0.29, 0.717) is 4.77 Å². The first kappa shape index (κ1) is 15.3. The summed E-state index contributed by atoms with van der Waals surface area (Å²) in [4.78, 5) is 4.05. The average molecular weight is 345 g/mol. The zero-order chi connectivity index (χ0) is 17.1.